The number of sulfonamides is 1. The second-order valence-corrected chi connectivity index (χ2v) is 6.93. The van der Waals surface area contributed by atoms with Gasteiger partial charge in [-0.1, -0.05) is 18.6 Å². The molecule has 0 spiro atoms. The molecule has 23 heavy (non-hydrogen) atoms. The Kier molecular flexibility index (Phi) is 5.53. The minimum absolute atomic E-state index is 0.156. The lowest BCUT2D eigenvalue weighted by Crippen LogP contribution is -2.51. The van der Waals surface area contributed by atoms with E-state index in [4.69, 9.17) is 0 Å². The molecule has 2 rings (SSSR count). The number of rotatable bonds is 5. The standard InChI is InChI=1S/C14H18F2N2O4S/c1-17-13(19)10-6-4-5-9-18(10)23(20,21)12-8-3-2-7-11(12)22-14(15)16/h2-3,7-8,10,14H,4-6,9H2,1H3,(H,17,19)/t10-/m1/s1. The van der Waals surface area contributed by atoms with Gasteiger partial charge in [-0.15, -0.1) is 0 Å². The van der Waals surface area contributed by atoms with Crippen LogP contribution in [0.3, 0.4) is 0 Å². The number of hydrogen-bond donors (Lipinski definition) is 1. The molecule has 1 atom stereocenters. The highest BCUT2D eigenvalue weighted by atomic mass is 32.2. The highest BCUT2D eigenvalue weighted by molar-refractivity contribution is 7.89. The maximum atomic E-state index is 12.8. The minimum atomic E-state index is -4.13. The molecule has 1 aromatic rings. The molecule has 0 aromatic heterocycles. The number of amides is 1. The fraction of sp³-hybridized carbons (Fsp3) is 0.500. The van der Waals surface area contributed by atoms with Gasteiger partial charge >= 0.3 is 6.61 Å². The zero-order valence-corrected chi connectivity index (χ0v) is 13.4. The van der Waals surface area contributed by atoms with Gasteiger partial charge in [0.1, 0.15) is 16.7 Å². The molecule has 1 aliphatic rings. The largest absolute Gasteiger partial charge is 0.433 e. The first-order valence-electron chi connectivity index (χ1n) is 7.15. The Labute approximate surface area is 133 Å². The smallest absolute Gasteiger partial charge is 0.387 e. The van der Waals surface area contributed by atoms with Crippen LogP contribution in [0.25, 0.3) is 0 Å². The van der Waals surface area contributed by atoms with Crippen molar-refractivity contribution in [2.24, 2.45) is 0 Å². The van der Waals surface area contributed by atoms with Crippen LogP contribution in [-0.2, 0) is 14.8 Å². The number of hydrogen-bond acceptors (Lipinski definition) is 4. The van der Waals surface area contributed by atoms with E-state index in [1.54, 1.807) is 0 Å². The van der Waals surface area contributed by atoms with Crippen molar-refractivity contribution in [3.63, 3.8) is 0 Å². The summed E-state index contributed by atoms with van der Waals surface area (Å²) < 4.78 is 56.0. The van der Waals surface area contributed by atoms with Crippen LogP contribution >= 0.6 is 0 Å². The summed E-state index contributed by atoms with van der Waals surface area (Å²) in [4.78, 5) is 11.6. The predicted octanol–water partition coefficient (Wildman–Crippen LogP) is 1.58. The quantitative estimate of drug-likeness (QED) is 0.877. The third-order valence-electron chi connectivity index (χ3n) is 3.65. The molecule has 0 bridgehead atoms. The van der Waals surface area contributed by atoms with Gasteiger partial charge in [-0.2, -0.15) is 13.1 Å². The van der Waals surface area contributed by atoms with Gasteiger partial charge in [0.15, 0.2) is 0 Å². The van der Waals surface area contributed by atoms with Crippen molar-refractivity contribution in [3.05, 3.63) is 24.3 Å². The van der Waals surface area contributed by atoms with E-state index in [9.17, 15) is 22.0 Å². The molecule has 1 saturated heterocycles. The van der Waals surface area contributed by atoms with Crippen molar-refractivity contribution in [1.82, 2.24) is 9.62 Å². The van der Waals surface area contributed by atoms with E-state index >= 15 is 0 Å². The van der Waals surface area contributed by atoms with Crippen LogP contribution < -0.4 is 10.1 Å². The fourth-order valence-electron chi connectivity index (χ4n) is 2.60. The second-order valence-electron chi connectivity index (χ2n) is 5.07. The van der Waals surface area contributed by atoms with Crippen LogP contribution in [0.1, 0.15) is 19.3 Å². The topological polar surface area (TPSA) is 75.7 Å². The van der Waals surface area contributed by atoms with Crippen LogP contribution in [-0.4, -0.2) is 44.9 Å². The number of halogens is 2. The summed E-state index contributed by atoms with van der Waals surface area (Å²) in [7, 11) is -2.70. The molecule has 0 unspecified atom stereocenters. The van der Waals surface area contributed by atoms with Crippen molar-refractivity contribution in [2.45, 2.75) is 36.8 Å². The fourth-order valence-corrected chi connectivity index (χ4v) is 4.38. The number of alkyl halides is 2. The number of carbonyl (C=O) groups is 1. The predicted molar refractivity (Wildman–Crippen MR) is 78.7 cm³/mol. The molecule has 0 radical (unpaired) electrons. The summed E-state index contributed by atoms with van der Waals surface area (Å²) in [5, 5.41) is 2.44. The van der Waals surface area contributed by atoms with E-state index < -0.39 is 34.3 Å². The van der Waals surface area contributed by atoms with Crippen molar-refractivity contribution < 1.29 is 26.7 Å². The maximum Gasteiger partial charge on any atom is 0.387 e. The van der Waals surface area contributed by atoms with Crippen LogP contribution in [0, 0.1) is 0 Å². The minimum Gasteiger partial charge on any atom is -0.433 e. The number of benzene rings is 1. The van der Waals surface area contributed by atoms with Crippen molar-refractivity contribution in [3.8, 4) is 5.75 Å². The highest BCUT2D eigenvalue weighted by Crippen LogP contribution is 2.31. The number of piperidine rings is 1. The van der Waals surface area contributed by atoms with Gasteiger partial charge in [-0.3, -0.25) is 4.79 Å². The number of nitrogens with zero attached hydrogens (tertiary/aromatic N) is 1. The normalized spacial score (nSPS) is 19.6. The first kappa shape index (κ1) is 17.6. The maximum absolute atomic E-state index is 12.8. The average molecular weight is 348 g/mol. The number of carbonyl (C=O) groups excluding carboxylic acids is 1. The molecule has 1 aliphatic heterocycles. The van der Waals surface area contributed by atoms with Gasteiger partial charge in [0.05, 0.1) is 0 Å². The Balaban J connectivity index is 2.42. The molecule has 6 nitrogen and oxygen atoms in total. The Morgan fingerprint density at radius 3 is 2.70 bits per heavy atom. The van der Waals surface area contributed by atoms with E-state index in [-0.39, 0.29) is 11.4 Å². The summed E-state index contributed by atoms with van der Waals surface area (Å²) in [5.41, 5.74) is 0. The van der Waals surface area contributed by atoms with Crippen LogP contribution in [0.5, 0.6) is 5.75 Å². The van der Waals surface area contributed by atoms with E-state index in [0.29, 0.717) is 12.8 Å². The molecule has 1 aromatic carbocycles. The van der Waals surface area contributed by atoms with Crippen molar-refractivity contribution in [2.75, 3.05) is 13.6 Å². The van der Waals surface area contributed by atoms with Crippen LogP contribution in [0.2, 0.25) is 0 Å². The molecule has 128 valence electrons. The molecule has 1 amide bonds. The van der Waals surface area contributed by atoms with Gasteiger partial charge in [-0.05, 0) is 25.0 Å². The third kappa shape index (κ3) is 3.78. The van der Waals surface area contributed by atoms with Gasteiger partial charge in [0, 0.05) is 13.6 Å². The van der Waals surface area contributed by atoms with Crippen molar-refractivity contribution >= 4 is 15.9 Å². The molecule has 1 fully saturated rings. The van der Waals surface area contributed by atoms with Crippen molar-refractivity contribution in [1.29, 1.82) is 0 Å². The summed E-state index contributed by atoms with van der Waals surface area (Å²) in [6.45, 7) is -2.98. The van der Waals surface area contributed by atoms with E-state index in [0.717, 1.165) is 16.8 Å². The zero-order chi connectivity index (χ0) is 17.0. The lowest BCUT2D eigenvalue weighted by atomic mass is 10.0. The summed E-state index contributed by atoms with van der Waals surface area (Å²) in [6, 6.07) is 4.34. The van der Waals surface area contributed by atoms with E-state index in [2.05, 4.69) is 10.1 Å². The SMILES string of the molecule is CNC(=O)[C@H]1CCCCN1S(=O)(=O)c1ccccc1OC(F)F. The summed E-state index contributed by atoms with van der Waals surface area (Å²) in [6.07, 6.45) is 1.71. The highest BCUT2D eigenvalue weighted by Gasteiger charge is 2.38. The first-order chi connectivity index (χ1) is 10.9. The summed E-state index contributed by atoms with van der Waals surface area (Å²) >= 11 is 0. The molecule has 9 heteroatoms. The summed E-state index contributed by atoms with van der Waals surface area (Å²) in [5.74, 6) is -0.843. The molecule has 1 heterocycles. The Morgan fingerprint density at radius 2 is 2.04 bits per heavy atom. The molecule has 0 aliphatic carbocycles. The number of nitrogens with one attached hydrogen (secondary N) is 1. The monoisotopic (exact) mass is 348 g/mol. The van der Waals surface area contributed by atoms with Crippen LogP contribution in [0.15, 0.2) is 29.2 Å². The molecular weight excluding hydrogens is 330 g/mol. The average Bonchev–Trinajstić information content (AvgIpc) is 2.54. The Morgan fingerprint density at radius 1 is 1.35 bits per heavy atom. The molecular formula is C14H18F2N2O4S. The second kappa shape index (κ2) is 7.22. The van der Waals surface area contributed by atoms with E-state index in [1.165, 1.54) is 25.2 Å². The van der Waals surface area contributed by atoms with Gasteiger partial charge < -0.3 is 10.1 Å². The Hall–Kier alpha value is -1.74. The molecule has 0 saturated carbocycles. The van der Waals surface area contributed by atoms with E-state index in [1.807, 2.05) is 0 Å². The number of likely N-dealkylation sites (N-methyl/N-ethyl adjacent to an activating group) is 1. The Bertz CT molecular complexity index is 666. The first-order valence-corrected chi connectivity index (χ1v) is 8.59. The number of ether oxygens (including phenoxy) is 1. The lowest BCUT2D eigenvalue weighted by molar-refractivity contribution is -0.125. The van der Waals surface area contributed by atoms with Gasteiger partial charge in [0.2, 0.25) is 15.9 Å². The lowest BCUT2D eigenvalue weighted by Gasteiger charge is -2.33. The zero-order valence-electron chi connectivity index (χ0n) is 12.5. The van der Waals surface area contributed by atoms with Gasteiger partial charge in [0.25, 0.3) is 0 Å². The van der Waals surface area contributed by atoms with Crippen LogP contribution in [0.4, 0.5) is 8.78 Å². The molecule has 1 N–H and O–H groups in total. The number of para-hydroxylation sites is 1. The van der Waals surface area contributed by atoms with Gasteiger partial charge in [-0.25, -0.2) is 8.42 Å². The third-order valence-corrected chi connectivity index (χ3v) is 5.60.